The van der Waals surface area contributed by atoms with Crippen molar-refractivity contribution >= 4 is 29.0 Å². The quantitative estimate of drug-likeness (QED) is 0.758. The highest BCUT2D eigenvalue weighted by Crippen LogP contribution is 2.25. The molecule has 3 aromatic rings. The number of hydrogen-bond donors (Lipinski definition) is 1. The number of anilines is 1. The highest BCUT2D eigenvalue weighted by Gasteiger charge is 2.17. The molecule has 0 aliphatic rings. The van der Waals surface area contributed by atoms with Crippen LogP contribution in [0.3, 0.4) is 0 Å². The van der Waals surface area contributed by atoms with E-state index in [-0.39, 0.29) is 0 Å². The van der Waals surface area contributed by atoms with Crippen LogP contribution in [0.4, 0.5) is 5.82 Å². The van der Waals surface area contributed by atoms with Crippen molar-refractivity contribution in [2.45, 2.75) is 13.0 Å². The Kier molecular flexibility index (Phi) is 4.75. The molecule has 1 aromatic heterocycles. The van der Waals surface area contributed by atoms with E-state index in [2.05, 4.69) is 11.2 Å². The first-order chi connectivity index (χ1) is 11.6. The molecular weight excluding hydrogens is 343 g/mol. The molecule has 0 aliphatic carbocycles. The lowest BCUT2D eigenvalue weighted by Crippen LogP contribution is -2.07. The summed E-state index contributed by atoms with van der Waals surface area (Å²) in [6.45, 7) is 0.405. The molecule has 0 unspecified atom stereocenters. The molecule has 0 amide bonds. The second kappa shape index (κ2) is 6.96. The van der Waals surface area contributed by atoms with Crippen LogP contribution in [0.15, 0.2) is 48.5 Å². The molecule has 1 heterocycles. The van der Waals surface area contributed by atoms with E-state index >= 15 is 0 Å². The maximum atomic E-state index is 9.44. The van der Waals surface area contributed by atoms with Gasteiger partial charge in [0.25, 0.3) is 0 Å². The summed E-state index contributed by atoms with van der Waals surface area (Å²) in [6, 6.07) is 17.1. The molecule has 3 rings (SSSR count). The van der Waals surface area contributed by atoms with Gasteiger partial charge in [-0.05, 0) is 23.3 Å². The molecule has 0 spiro atoms. The van der Waals surface area contributed by atoms with Gasteiger partial charge in [0.2, 0.25) is 0 Å². The predicted molar refractivity (Wildman–Crippen MR) is 96.2 cm³/mol. The van der Waals surface area contributed by atoms with E-state index in [1.54, 1.807) is 4.68 Å². The fourth-order valence-electron chi connectivity index (χ4n) is 2.50. The number of halogens is 2. The molecule has 0 saturated heterocycles. The highest BCUT2D eigenvalue weighted by atomic mass is 35.5. The van der Waals surface area contributed by atoms with Gasteiger partial charge in [0.1, 0.15) is 17.5 Å². The number of hydrogen-bond acceptors (Lipinski definition) is 3. The number of nitrogen functional groups attached to an aromatic ring is 1. The molecule has 0 atom stereocenters. The lowest BCUT2D eigenvalue weighted by molar-refractivity contribution is 0.685. The number of nitriles is 1. The van der Waals surface area contributed by atoms with Crippen LogP contribution in [0.1, 0.15) is 22.4 Å². The van der Waals surface area contributed by atoms with E-state index < -0.39 is 0 Å². The molecular formula is C18H14Cl2N4. The summed E-state index contributed by atoms with van der Waals surface area (Å²) in [5, 5.41) is 15.2. The Hall–Kier alpha value is -2.48. The van der Waals surface area contributed by atoms with Gasteiger partial charge in [-0.15, -0.1) is 0 Å². The molecule has 24 heavy (non-hydrogen) atoms. The monoisotopic (exact) mass is 356 g/mol. The van der Waals surface area contributed by atoms with Gasteiger partial charge in [-0.2, -0.15) is 10.4 Å². The molecule has 0 fully saturated rings. The van der Waals surface area contributed by atoms with Crippen molar-refractivity contribution in [3.05, 3.63) is 81.0 Å². The number of nitrogens with zero attached hydrogens (tertiary/aromatic N) is 3. The van der Waals surface area contributed by atoms with Gasteiger partial charge < -0.3 is 5.73 Å². The zero-order valence-corrected chi connectivity index (χ0v) is 14.2. The zero-order chi connectivity index (χ0) is 17.1. The third-order valence-corrected chi connectivity index (χ3v) is 4.51. The Labute approximate surface area is 150 Å². The first kappa shape index (κ1) is 16.4. The second-order valence-electron chi connectivity index (χ2n) is 5.34. The summed E-state index contributed by atoms with van der Waals surface area (Å²) < 4.78 is 1.60. The average molecular weight is 357 g/mol. The number of nitrogens with two attached hydrogens (primary N) is 1. The Morgan fingerprint density at radius 3 is 2.17 bits per heavy atom. The van der Waals surface area contributed by atoms with Crippen LogP contribution >= 0.6 is 23.2 Å². The van der Waals surface area contributed by atoms with E-state index in [4.69, 9.17) is 28.9 Å². The van der Waals surface area contributed by atoms with Gasteiger partial charge in [0.15, 0.2) is 0 Å². The van der Waals surface area contributed by atoms with Gasteiger partial charge in [0, 0.05) is 16.5 Å². The van der Waals surface area contributed by atoms with Crippen molar-refractivity contribution in [3.8, 4) is 6.07 Å². The van der Waals surface area contributed by atoms with Gasteiger partial charge >= 0.3 is 0 Å². The Bertz CT molecular complexity index is 925. The van der Waals surface area contributed by atoms with Crippen LogP contribution in [0.25, 0.3) is 0 Å². The minimum Gasteiger partial charge on any atom is -0.383 e. The third kappa shape index (κ3) is 3.23. The molecule has 0 aliphatic heterocycles. The Morgan fingerprint density at radius 1 is 1.00 bits per heavy atom. The summed E-state index contributed by atoms with van der Waals surface area (Å²) in [4.78, 5) is 0. The first-order valence-corrected chi connectivity index (χ1v) is 8.07. The van der Waals surface area contributed by atoms with Crippen molar-refractivity contribution in [1.82, 2.24) is 9.78 Å². The van der Waals surface area contributed by atoms with Crippen LogP contribution in [0.2, 0.25) is 10.0 Å². The van der Waals surface area contributed by atoms with Crippen molar-refractivity contribution in [1.29, 1.82) is 5.26 Å². The molecule has 2 aromatic carbocycles. The number of rotatable bonds is 4. The predicted octanol–water partition coefficient (Wildman–Crippen LogP) is 4.28. The SMILES string of the molecule is N#Cc1c(Cc2ccccc2Cl)nn(Cc2ccccc2Cl)c1N. The van der Waals surface area contributed by atoms with E-state index in [1.807, 2.05) is 48.5 Å². The molecule has 120 valence electrons. The highest BCUT2D eigenvalue weighted by molar-refractivity contribution is 6.31. The van der Waals surface area contributed by atoms with Gasteiger partial charge in [0.05, 0.1) is 12.2 Å². The maximum Gasteiger partial charge on any atom is 0.140 e. The van der Waals surface area contributed by atoms with Crippen LogP contribution in [0, 0.1) is 11.3 Å². The molecule has 6 heteroatoms. The van der Waals surface area contributed by atoms with Gasteiger partial charge in [-0.1, -0.05) is 59.6 Å². The number of aromatic nitrogens is 2. The van der Waals surface area contributed by atoms with Crippen molar-refractivity contribution in [2.24, 2.45) is 0 Å². The fourth-order valence-corrected chi connectivity index (χ4v) is 2.90. The topological polar surface area (TPSA) is 67.6 Å². The number of benzene rings is 2. The van der Waals surface area contributed by atoms with Crippen LogP contribution < -0.4 is 5.73 Å². The summed E-state index contributed by atoms with van der Waals surface area (Å²) >= 11 is 12.4. The van der Waals surface area contributed by atoms with Crippen LogP contribution in [-0.4, -0.2) is 9.78 Å². The Balaban J connectivity index is 1.96. The van der Waals surface area contributed by atoms with Crippen molar-refractivity contribution < 1.29 is 0 Å². The van der Waals surface area contributed by atoms with Crippen molar-refractivity contribution in [2.75, 3.05) is 5.73 Å². The molecule has 0 radical (unpaired) electrons. The zero-order valence-electron chi connectivity index (χ0n) is 12.7. The fraction of sp³-hybridized carbons (Fsp3) is 0.111. The molecule has 4 nitrogen and oxygen atoms in total. The third-order valence-electron chi connectivity index (χ3n) is 3.77. The minimum absolute atomic E-state index is 0.333. The van der Waals surface area contributed by atoms with E-state index in [0.29, 0.717) is 40.1 Å². The van der Waals surface area contributed by atoms with Gasteiger partial charge in [-0.25, -0.2) is 4.68 Å². The second-order valence-corrected chi connectivity index (χ2v) is 6.15. The van der Waals surface area contributed by atoms with Crippen molar-refractivity contribution in [3.63, 3.8) is 0 Å². The standard InChI is InChI=1S/C18H14Cl2N4/c19-15-7-3-1-5-12(15)9-17-14(10-21)18(22)24(23-17)11-13-6-2-4-8-16(13)20/h1-8H,9,11,22H2. The van der Waals surface area contributed by atoms with E-state index in [0.717, 1.165) is 11.1 Å². The Morgan fingerprint density at radius 2 is 1.58 bits per heavy atom. The van der Waals surface area contributed by atoms with E-state index in [1.165, 1.54) is 0 Å². The van der Waals surface area contributed by atoms with E-state index in [9.17, 15) is 5.26 Å². The summed E-state index contributed by atoms with van der Waals surface area (Å²) in [5.41, 5.74) is 8.88. The first-order valence-electron chi connectivity index (χ1n) is 7.32. The van der Waals surface area contributed by atoms with Gasteiger partial charge in [-0.3, -0.25) is 0 Å². The molecule has 0 bridgehead atoms. The minimum atomic E-state index is 0.333. The summed E-state index contributed by atoms with van der Waals surface area (Å²) in [5.74, 6) is 0.333. The lowest BCUT2D eigenvalue weighted by Gasteiger charge is -2.06. The summed E-state index contributed by atoms with van der Waals surface area (Å²) in [7, 11) is 0. The molecule has 0 saturated carbocycles. The normalized spacial score (nSPS) is 10.5. The average Bonchev–Trinajstić information content (AvgIpc) is 2.87. The van der Waals surface area contributed by atoms with Crippen LogP contribution in [-0.2, 0) is 13.0 Å². The van der Waals surface area contributed by atoms with Crippen LogP contribution in [0.5, 0.6) is 0 Å². The lowest BCUT2D eigenvalue weighted by atomic mass is 10.1. The smallest absolute Gasteiger partial charge is 0.140 e. The maximum absolute atomic E-state index is 9.44. The largest absolute Gasteiger partial charge is 0.383 e. The summed E-state index contributed by atoms with van der Waals surface area (Å²) in [6.07, 6.45) is 0.447. The molecule has 2 N–H and O–H groups in total.